The van der Waals surface area contributed by atoms with Gasteiger partial charge in [-0.3, -0.25) is 0 Å². The molecule has 2 aliphatic heterocycles. The summed E-state index contributed by atoms with van der Waals surface area (Å²) in [5, 5.41) is 89.9. The lowest BCUT2D eigenvalue weighted by atomic mass is 9.98. The summed E-state index contributed by atoms with van der Waals surface area (Å²) in [5.41, 5.74) is 0. The van der Waals surface area contributed by atoms with E-state index in [0.29, 0.717) is 0 Å². The van der Waals surface area contributed by atoms with Gasteiger partial charge in [0.1, 0.15) is 36.6 Å². The smallest absolute Gasteiger partial charge is 0.218 e. The van der Waals surface area contributed by atoms with Gasteiger partial charge in [-0.1, -0.05) is 0 Å². The number of hydrogen-bond acceptors (Lipinski definition) is 12. The van der Waals surface area contributed by atoms with Gasteiger partial charge in [0.2, 0.25) is 11.6 Å². The molecule has 144 valence electrons. The molecule has 0 radical (unpaired) electrons. The van der Waals surface area contributed by atoms with E-state index in [-0.39, 0.29) is 13.2 Å². The van der Waals surface area contributed by atoms with Gasteiger partial charge >= 0.3 is 0 Å². The minimum Gasteiger partial charge on any atom is -0.391 e. The number of aliphatic hydroxyl groups is 10. The molecule has 0 aliphatic carbocycles. The molecule has 2 fully saturated rings. The Labute approximate surface area is 136 Å². The fourth-order valence-corrected chi connectivity index (χ4v) is 2.06. The van der Waals surface area contributed by atoms with E-state index < -0.39 is 61.4 Å². The number of aliphatic hydroxyl groups excluding tert-OH is 8. The van der Waals surface area contributed by atoms with E-state index >= 15 is 0 Å². The van der Waals surface area contributed by atoms with Crippen LogP contribution in [-0.4, -0.2) is 126 Å². The Morgan fingerprint density at radius 2 is 0.958 bits per heavy atom. The van der Waals surface area contributed by atoms with Crippen LogP contribution in [-0.2, 0) is 9.47 Å². The third-order valence-corrected chi connectivity index (χ3v) is 3.82. The average molecular weight is 360 g/mol. The van der Waals surface area contributed by atoms with Crippen molar-refractivity contribution in [2.75, 3.05) is 26.4 Å². The second kappa shape index (κ2) is 8.27. The van der Waals surface area contributed by atoms with Crippen molar-refractivity contribution in [3.63, 3.8) is 0 Å². The summed E-state index contributed by atoms with van der Waals surface area (Å²) in [7, 11) is 0. The van der Waals surface area contributed by atoms with Crippen LogP contribution in [0.5, 0.6) is 0 Å². The van der Waals surface area contributed by atoms with Gasteiger partial charge in [-0.15, -0.1) is 0 Å². The van der Waals surface area contributed by atoms with Crippen LogP contribution in [0.25, 0.3) is 0 Å². The van der Waals surface area contributed by atoms with E-state index in [1.807, 2.05) is 0 Å². The van der Waals surface area contributed by atoms with Crippen LogP contribution in [0.15, 0.2) is 0 Å². The molecule has 2 rings (SSSR count). The van der Waals surface area contributed by atoms with Crippen LogP contribution in [0.4, 0.5) is 0 Å². The van der Waals surface area contributed by atoms with Gasteiger partial charge in [-0.05, 0) is 0 Å². The lowest BCUT2D eigenvalue weighted by Gasteiger charge is -2.40. The molecule has 2 aliphatic rings. The molecule has 24 heavy (non-hydrogen) atoms. The van der Waals surface area contributed by atoms with Crippen molar-refractivity contribution in [2.24, 2.45) is 0 Å². The highest BCUT2D eigenvalue weighted by molar-refractivity contribution is 4.91. The molecule has 12 nitrogen and oxygen atoms in total. The first-order valence-corrected chi connectivity index (χ1v) is 7.05. The first kappa shape index (κ1) is 21.6. The zero-order chi connectivity index (χ0) is 18.7. The predicted octanol–water partition coefficient (Wildman–Crippen LogP) is -6.44. The highest BCUT2D eigenvalue weighted by Crippen LogP contribution is 2.23. The predicted molar refractivity (Wildman–Crippen MR) is 72.0 cm³/mol. The van der Waals surface area contributed by atoms with Crippen molar-refractivity contribution in [1.82, 2.24) is 0 Å². The topological polar surface area (TPSA) is 221 Å². The molecule has 0 bridgehead atoms. The normalized spacial score (nSPS) is 49.2. The Morgan fingerprint density at radius 1 is 0.667 bits per heavy atom. The summed E-state index contributed by atoms with van der Waals surface area (Å²) in [6.07, 6.45) is -8.90. The minimum absolute atomic E-state index is 0.324. The summed E-state index contributed by atoms with van der Waals surface area (Å²) >= 11 is 0. The largest absolute Gasteiger partial charge is 0.391 e. The fraction of sp³-hybridized carbons (Fsp3) is 1.00. The second-order valence-corrected chi connectivity index (χ2v) is 5.63. The Bertz CT molecular complexity index is 360. The van der Waals surface area contributed by atoms with Crippen LogP contribution in [0.1, 0.15) is 0 Å². The van der Waals surface area contributed by atoms with E-state index in [9.17, 15) is 10.2 Å². The summed E-state index contributed by atoms with van der Waals surface area (Å²) < 4.78 is 9.11. The molecule has 0 aromatic carbocycles. The van der Waals surface area contributed by atoms with E-state index in [4.69, 9.17) is 40.9 Å². The van der Waals surface area contributed by atoms with E-state index in [1.165, 1.54) is 0 Å². The van der Waals surface area contributed by atoms with Crippen LogP contribution in [0.2, 0.25) is 0 Å². The maximum atomic E-state index is 9.24. The van der Waals surface area contributed by atoms with Crippen molar-refractivity contribution in [3.8, 4) is 0 Å². The van der Waals surface area contributed by atoms with Gasteiger partial charge in [0.05, 0.1) is 26.4 Å². The first-order chi connectivity index (χ1) is 11.0. The quantitative estimate of drug-likeness (QED) is 0.222. The standard InChI is InChI=1S/2C6H12O6/c2*7-2-6(11)5(10)4(9)3(8)1-12-6/h2*3-5,7-11H,1-2H2/t3-,4-,5+,6+;3-,4-,5+,6-/m11/s1. The van der Waals surface area contributed by atoms with Crippen molar-refractivity contribution in [1.29, 1.82) is 0 Å². The molecule has 8 atom stereocenters. The number of ether oxygens (including phenoxy) is 2. The van der Waals surface area contributed by atoms with E-state index in [2.05, 4.69) is 9.47 Å². The minimum atomic E-state index is -2.17. The lowest BCUT2D eigenvalue weighted by Crippen LogP contribution is -2.62. The van der Waals surface area contributed by atoms with Gasteiger partial charge < -0.3 is 60.5 Å². The monoisotopic (exact) mass is 360 g/mol. The second-order valence-electron chi connectivity index (χ2n) is 5.63. The maximum Gasteiger partial charge on any atom is 0.218 e. The third-order valence-electron chi connectivity index (χ3n) is 3.82. The molecule has 2 saturated heterocycles. The Kier molecular flexibility index (Phi) is 7.43. The van der Waals surface area contributed by atoms with Crippen molar-refractivity contribution < 1.29 is 60.5 Å². The zero-order valence-corrected chi connectivity index (χ0v) is 12.6. The molecule has 0 spiro atoms. The van der Waals surface area contributed by atoms with Crippen LogP contribution < -0.4 is 0 Å². The summed E-state index contributed by atoms with van der Waals surface area (Å²) in [6, 6.07) is 0. The number of hydrogen-bond donors (Lipinski definition) is 10. The molecule has 0 aromatic rings. The molecule has 0 saturated carbocycles. The Morgan fingerprint density at radius 3 is 1.21 bits per heavy atom. The molecular weight excluding hydrogens is 336 g/mol. The van der Waals surface area contributed by atoms with Crippen LogP contribution >= 0.6 is 0 Å². The van der Waals surface area contributed by atoms with Gasteiger partial charge in [0, 0.05) is 0 Å². The van der Waals surface area contributed by atoms with Crippen molar-refractivity contribution in [3.05, 3.63) is 0 Å². The van der Waals surface area contributed by atoms with Crippen LogP contribution in [0.3, 0.4) is 0 Å². The SMILES string of the molecule is OC[C@@]1(O)OC[C@@H](O)[C@@H](O)[C@@H]1O.OC[C@]1(O)OC[C@@H](O)[C@@H](O)[C@@H]1O. The van der Waals surface area contributed by atoms with Crippen LogP contribution in [0, 0.1) is 0 Å². The number of rotatable bonds is 2. The van der Waals surface area contributed by atoms with Gasteiger partial charge in [-0.25, -0.2) is 0 Å². The summed E-state index contributed by atoms with van der Waals surface area (Å²) in [4.78, 5) is 0. The molecule has 2 heterocycles. The maximum absolute atomic E-state index is 9.24. The highest BCUT2D eigenvalue weighted by atomic mass is 16.7. The summed E-state index contributed by atoms with van der Waals surface area (Å²) in [6.45, 7) is -2.32. The third kappa shape index (κ3) is 4.37. The zero-order valence-electron chi connectivity index (χ0n) is 12.6. The summed E-state index contributed by atoms with van der Waals surface area (Å²) in [5.74, 6) is -4.34. The highest BCUT2D eigenvalue weighted by Gasteiger charge is 2.48. The fourth-order valence-electron chi connectivity index (χ4n) is 2.06. The molecule has 10 N–H and O–H groups in total. The van der Waals surface area contributed by atoms with Crippen molar-refractivity contribution in [2.45, 2.75) is 48.2 Å². The van der Waals surface area contributed by atoms with E-state index in [0.717, 1.165) is 0 Å². The average Bonchev–Trinajstić information content (AvgIpc) is 2.59. The van der Waals surface area contributed by atoms with Gasteiger partial charge in [0.25, 0.3) is 0 Å². The Balaban J connectivity index is 0.000000240. The Hall–Kier alpha value is -0.480. The first-order valence-electron chi connectivity index (χ1n) is 7.05. The molecule has 0 unspecified atom stereocenters. The van der Waals surface area contributed by atoms with Crippen molar-refractivity contribution >= 4 is 0 Å². The van der Waals surface area contributed by atoms with Gasteiger partial charge in [-0.2, -0.15) is 0 Å². The van der Waals surface area contributed by atoms with Gasteiger partial charge in [0.15, 0.2) is 0 Å². The molecular formula is C12H24O12. The molecule has 0 amide bonds. The van der Waals surface area contributed by atoms with E-state index in [1.54, 1.807) is 0 Å². The lowest BCUT2D eigenvalue weighted by molar-refractivity contribution is -0.331. The molecule has 12 heteroatoms. The molecule has 0 aromatic heterocycles.